The first kappa shape index (κ1) is 11.8. The Hall–Kier alpha value is -1.64. The molecule has 0 aromatic carbocycles. The van der Waals surface area contributed by atoms with Crippen molar-refractivity contribution in [3.05, 3.63) is 23.9 Å². The second-order valence-electron chi connectivity index (χ2n) is 4.03. The van der Waals surface area contributed by atoms with Gasteiger partial charge in [0, 0.05) is 32.9 Å². The summed E-state index contributed by atoms with van der Waals surface area (Å²) in [4.78, 5) is 6.48. The lowest BCUT2D eigenvalue weighted by molar-refractivity contribution is -0.00272. The molecule has 0 aliphatic carbocycles. The molecule has 1 aromatic rings. The molecule has 1 unspecified atom stereocenters. The number of nitrogens with one attached hydrogen (secondary N) is 1. The molecule has 0 saturated carbocycles. The lowest BCUT2D eigenvalue weighted by Crippen LogP contribution is -2.41. The predicted octanol–water partition coefficient (Wildman–Crippen LogP) is 0.848. The minimum atomic E-state index is -0.298. The minimum absolute atomic E-state index is 0.298. The van der Waals surface area contributed by atoms with Crippen molar-refractivity contribution in [2.75, 3.05) is 32.1 Å². The summed E-state index contributed by atoms with van der Waals surface area (Å²) < 4.78 is 5.30. The van der Waals surface area contributed by atoms with E-state index in [4.69, 9.17) is 10.00 Å². The number of hydrogen-bond donors (Lipinski definition) is 1. The van der Waals surface area contributed by atoms with E-state index in [9.17, 15) is 0 Å². The minimum Gasteiger partial charge on any atom is -0.373 e. The molecule has 1 atom stereocenters. The molecule has 1 saturated heterocycles. The van der Waals surface area contributed by atoms with E-state index in [-0.39, 0.29) is 6.10 Å². The molecule has 1 N–H and O–H groups in total. The van der Waals surface area contributed by atoms with Crippen molar-refractivity contribution in [1.29, 1.82) is 5.26 Å². The Morgan fingerprint density at radius 1 is 1.65 bits per heavy atom. The number of nitrogens with zero attached hydrogens (tertiary/aromatic N) is 3. The molecule has 1 fully saturated rings. The Labute approximate surface area is 101 Å². The molecule has 90 valence electrons. The number of anilines is 1. The van der Waals surface area contributed by atoms with Gasteiger partial charge in [-0.1, -0.05) is 6.07 Å². The average Bonchev–Trinajstić information content (AvgIpc) is 2.40. The van der Waals surface area contributed by atoms with Gasteiger partial charge in [-0.25, -0.2) is 4.98 Å². The van der Waals surface area contributed by atoms with Gasteiger partial charge >= 0.3 is 0 Å². The fourth-order valence-corrected chi connectivity index (χ4v) is 1.85. The van der Waals surface area contributed by atoms with E-state index in [2.05, 4.69) is 27.3 Å². The molecule has 5 nitrogen and oxygen atoms in total. The Kier molecular flexibility index (Phi) is 3.91. The summed E-state index contributed by atoms with van der Waals surface area (Å²) in [6, 6.07) is 6.16. The number of hydrogen-bond acceptors (Lipinski definition) is 5. The van der Waals surface area contributed by atoms with Gasteiger partial charge < -0.3 is 10.1 Å². The SMILES string of the molecule is CNc1ccc(CN2CCOC(C#N)C2)cn1. The van der Waals surface area contributed by atoms with Gasteiger partial charge in [0.2, 0.25) is 0 Å². The average molecular weight is 232 g/mol. The van der Waals surface area contributed by atoms with Gasteiger partial charge in [0.15, 0.2) is 6.10 Å². The van der Waals surface area contributed by atoms with Gasteiger partial charge in [-0.05, 0) is 11.6 Å². The van der Waals surface area contributed by atoms with Crippen molar-refractivity contribution < 1.29 is 4.74 Å². The van der Waals surface area contributed by atoms with Crippen LogP contribution in [0.1, 0.15) is 5.56 Å². The Bertz CT molecular complexity index is 398. The van der Waals surface area contributed by atoms with Gasteiger partial charge in [0.1, 0.15) is 5.82 Å². The molecule has 0 bridgehead atoms. The van der Waals surface area contributed by atoms with E-state index in [0.29, 0.717) is 13.2 Å². The summed E-state index contributed by atoms with van der Waals surface area (Å²) in [5, 5.41) is 11.8. The van der Waals surface area contributed by atoms with Crippen molar-refractivity contribution in [1.82, 2.24) is 9.88 Å². The quantitative estimate of drug-likeness (QED) is 0.837. The number of nitriles is 1. The van der Waals surface area contributed by atoms with Gasteiger partial charge in [0.25, 0.3) is 0 Å². The zero-order chi connectivity index (χ0) is 12.1. The van der Waals surface area contributed by atoms with Crippen LogP contribution < -0.4 is 5.32 Å². The van der Waals surface area contributed by atoms with Crippen LogP contribution in [-0.4, -0.2) is 42.7 Å². The number of rotatable bonds is 3. The summed E-state index contributed by atoms with van der Waals surface area (Å²) in [6.07, 6.45) is 1.57. The fraction of sp³-hybridized carbons (Fsp3) is 0.500. The van der Waals surface area contributed by atoms with E-state index in [1.54, 1.807) is 0 Å². The number of ether oxygens (including phenoxy) is 1. The molecule has 2 heterocycles. The molecule has 17 heavy (non-hydrogen) atoms. The van der Waals surface area contributed by atoms with Crippen LogP contribution >= 0.6 is 0 Å². The number of pyridine rings is 1. The molecular formula is C12H16N4O. The van der Waals surface area contributed by atoms with Crippen LogP contribution in [0.3, 0.4) is 0 Å². The number of aromatic nitrogens is 1. The largest absolute Gasteiger partial charge is 0.373 e. The van der Waals surface area contributed by atoms with Crippen LogP contribution in [0.2, 0.25) is 0 Å². The number of morpholine rings is 1. The standard InChI is InChI=1S/C12H16N4O/c1-14-12-3-2-10(7-15-12)8-16-4-5-17-11(6-13)9-16/h2-3,7,11H,4-5,8-9H2,1H3,(H,14,15). The molecule has 0 amide bonds. The zero-order valence-corrected chi connectivity index (χ0v) is 9.89. The van der Waals surface area contributed by atoms with Crippen molar-refractivity contribution in [2.45, 2.75) is 12.6 Å². The lowest BCUT2D eigenvalue weighted by Gasteiger charge is -2.29. The van der Waals surface area contributed by atoms with Crippen molar-refractivity contribution >= 4 is 5.82 Å². The first-order valence-electron chi connectivity index (χ1n) is 5.68. The monoisotopic (exact) mass is 232 g/mol. The highest BCUT2D eigenvalue weighted by atomic mass is 16.5. The molecule has 1 aliphatic heterocycles. The normalized spacial score (nSPS) is 20.8. The topological polar surface area (TPSA) is 61.2 Å². The van der Waals surface area contributed by atoms with Gasteiger partial charge in [-0.2, -0.15) is 5.26 Å². The molecular weight excluding hydrogens is 216 g/mol. The summed E-state index contributed by atoms with van der Waals surface area (Å²) in [5.74, 6) is 0.866. The van der Waals surface area contributed by atoms with Crippen LogP contribution in [-0.2, 0) is 11.3 Å². The molecule has 0 radical (unpaired) electrons. The molecule has 0 spiro atoms. The predicted molar refractivity (Wildman–Crippen MR) is 64.4 cm³/mol. The van der Waals surface area contributed by atoms with Crippen molar-refractivity contribution in [2.24, 2.45) is 0 Å². The van der Waals surface area contributed by atoms with E-state index >= 15 is 0 Å². The Morgan fingerprint density at radius 3 is 3.18 bits per heavy atom. The lowest BCUT2D eigenvalue weighted by atomic mass is 10.2. The maximum Gasteiger partial charge on any atom is 0.156 e. The van der Waals surface area contributed by atoms with E-state index in [0.717, 1.165) is 24.5 Å². The smallest absolute Gasteiger partial charge is 0.156 e. The van der Waals surface area contributed by atoms with Gasteiger partial charge in [-0.15, -0.1) is 0 Å². The second-order valence-corrected chi connectivity index (χ2v) is 4.03. The molecule has 1 aromatic heterocycles. The van der Waals surface area contributed by atoms with Crippen LogP contribution in [0.15, 0.2) is 18.3 Å². The van der Waals surface area contributed by atoms with E-state index < -0.39 is 0 Å². The van der Waals surface area contributed by atoms with Crippen molar-refractivity contribution in [3.63, 3.8) is 0 Å². The summed E-state index contributed by atoms with van der Waals surface area (Å²) in [7, 11) is 1.85. The third-order valence-corrected chi connectivity index (χ3v) is 2.78. The first-order valence-corrected chi connectivity index (χ1v) is 5.68. The Morgan fingerprint density at radius 2 is 2.53 bits per heavy atom. The van der Waals surface area contributed by atoms with Crippen LogP contribution in [0.25, 0.3) is 0 Å². The van der Waals surface area contributed by atoms with Crippen LogP contribution in [0, 0.1) is 11.3 Å². The van der Waals surface area contributed by atoms with Crippen molar-refractivity contribution in [3.8, 4) is 6.07 Å². The summed E-state index contributed by atoms with van der Waals surface area (Å²) >= 11 is 0. The highest BCUT2D eigenvalue weighted by Gasteiger charge is 2.19. The van der Waals surface area contributed by atoms with E-state index in [1.807, 2.05) is 19.3 Å². The third kappa shape index (κ3) is 3.16. The highest BCUT2D eigenvalue weighted by Crippen LogP contribution is 2.11. The maximum atomic E-state index is 8.82. The summed E-state index contributed by atoms with van der Waals surface area (Å²) in [5.41, 5.74) is 1.16. The highest BCUT2D eigenvalue weighted by molar-refractivity contribution is 5.34. The molecule has 2 rings (SSSR count). The Balaban J connectivity index is 1.93. The third-order valence-electron chi connectivity index (χ3n) is 2.78. The first-order chi connectivity index (χ1) is 8.31. The fourth-order valence-electron chi connectivity index (χ4n) is 1.85. The van der Waals surface area contributed by atoms with Crippen LogP contribution in [0.5, 0.6) is 0 Å². The van der Waals surface area contributed by atoms with Crippen LogP contribution in [0.4, 0.5) is 5.82 Å². The summed E-state index contributed by atoms with van der Waals surface area (Å²) in [6.45, 7) is 2.98. The van der Waals surface area contributed by atoms with E-state index in [1.165, 1.54) is 0 Å². The molecule has 5 heteroatoms. The maximum absolute atomic E-state index is 8.82. The van der Waals surface area contributed by atoms with Gasteiger partial charge in [0.05, 0.1) is 12.7 Å². The molecule has 1 aliphatic rings. The van der Waals surface area contributed by atoms with Gasteiger partial charge in [-0.3, -0.25) is 4.90 Å². The second kappa shape index (κ2) is 5.62. The zero-order valence-electron chi connectivity index (χ0n) is 9.89.